The zero-order valence-electron chi connectivity index (χ0n) is 12.5. The minimum absolute atomic E-state index is 0.667. The van der Waals surface area contributed by atoms with Gasteiger partial charge in [0.15, 0.2) is 0 Å². The zero-order chi connectivity index (χ0) is 15.1. The third kappa shape index (κ3) is 4.60. The van der Waals surface area contributed by atoms with Crippen LogP contribution in [0.3, 0.4) is 0 Å². The molecule has 0 aliphatic carbocycles. The maximum Gasteiger partial charge on any atom is 0.120 e. The molecule has 21 heavy (non-hydrogen) atoms. The maximum atomic E-state index is 6.01. The van der Waals surface area contributed by atoms with Crippen LogP contribution in [0, 0.1) is 0 Å². The van der Waals surface area contributed by atoms with E-state index in [2.05, 4.69) is 12.1 Å². The van der Waals surface area contributed by atoms with Gasteiger partial charge in [0.25, 0.3) is 0 Å². The van der Waals surface area contributed by atoms with E-state index in [9.17, 15) is 0 Å². The van der Waals surface area contributed by atoms with E-state index in [1.54, 1.807) is 18.9 Å². The standard InChI is InChI=1S/C17H21NO2S/c1-3-20-15-8-9-16(18)17(12-15)21-11-10-13-4-6-14(19-2)7-5-13/h4-9,12H,3,10-11,18H2,1-2H3. The second-order valence-corrected chi connectivity index (χ2v) is 5.72. The van der Waals surface area contributed by atoms with Crippen molar-refractivity contribution in [3.63, 3.8) is 0 Å². The summed E-state index contributed by atoms with van der Waals surface area (Å²) in [6.45, 7) is 2.65. The van der Waals surface area contributed by atoms with Crippen molar-refractivity contribution in [2.45, 2.75) is 18.2 Å². The average molecular weight is 303 g/mol. The summed E-state index contributed by atoms with van der Waals surface area (Å²) in [5.74, 6) is 2.74. The van der Waals surface area contributed by atoms with Gasteiger partial charge < -0.3 is 15.2 Å². The second-order valence-electron chi connectivity index (χ2n) is 4.58. The Morgan fingerprint density at radius 3 is 2.43 bits per heavy atom. The molecule has 0 amide bonds. The summed E-state index contributed by atoms with van der Waals surface area (Å²) in [5, 5.41) is 0. The molecule has 0 aromatic heterocycles. The van der Waals surface area contributed by atoms with Crippen molar-refractivity contribution in [2.75, 3.05) is 25.2 Å². The summed E-state index contributed by atoms with van der Waals surface area (Å²) < 4.78 is 10.7. The van der Waals surface area contributed by atoms with Gasteiger partial charge in [-0.1, -0.05) is 12.1 Å². The van der Waals surface area contributed by atoms with Crippen LogP contribution in [-0.2, 0) is 6.42 Å². The van der Waals surface area contributed by atoms with Gasteiger partial charge >= 0.3 is 0 Å². The van der Waals surface area contributed by atoms with Crippen LogP contribution in [0.25, 0.3) is 0 Å². The van der Waals surface area contributed by atoms with Crippen LogP contribution in [0.2, 0.25) is 0 Å². The normalized spacial score (nSPS) is 10.4. The van der Waals surface area contributed by atoms with E-state index in [1.807, 2.05) is 37.3 Å². The molecule has 2 aromatic carbocycles. The predicted molar refractivity (Wildman–Crippen MR) is 89.4 cm³/mol. The average Bonchev–Trinajstić information content (AvgIpc) is 2.51. The predicted octanol–water partition coefficient (Wildman–Crippen LogP) is 4.01. The molecule has 0 saturated heterocycles. The van der Waals surface area contributed by atoms with Crippen LogP contribution in [0.5, 0.6) is 11.5 Å². The second kappa shape index (κ2) is 7.84. The highest BCUT2D eigenvalue weighted by Crippen LogP contribution is 2.29. The molecule has 0 bridgehead atoms. The zero-order valence-corrected chi connectivity index (χ0v) is 13.3. The molecule has 0 saturated carbocycles. The number of nitrogen functional groups attached to an aromatic ring is 1. The van der Waals surface area contributed by atoms with E-state index in [-0.39, 0.29) is 0 Å². The van der Waals surface area contributed by atoms with Crippen LogP contribution in [0.15, 0.2) is 47.4 Å². The number of benzene rings is 2. The number of thioether (sulfide) groups is 1. The largest absolute Gasteiger partial charge is 0.497 e. The van der Waals surface area contributed by atoms with Gasteiger partial charge in [-0.05, 0) is 49.2 Å². The molecule has 112 valence electrons. The fraction of sp³-hybridized carbons (Fsp3) is 0.294. The lowest BCUT2D eigenvalue weighted by molar-refractivity contribution is 0.339. The molecular formula is C17H21NO2S. The monoisotopic (exact) mass is 303 g/mol. The third-order valence-electron chi connectivity index (χ3n) is 3.10. The molecule has 0 radical (unpaired) electrons. The highest BCUT2D eigenvalue weighted by molar-refractivity contribution is 7.99. The molecule has 0 fully saturated rings. The van der Waals surface area contributed by atoms with Gasteiger partial charge in [0, 0.05) is 16.3 Å². The first-order valence-corrected chi connectivity index (χ1v) is 7.99. The van der Waals surface area contributed by atoms with E-state index in [1.165, 1.54) is 5.56 Å². The molecular weight excluding hydrogens is 282 g/mol. The van der Waals surface area contributed by atoms with Crippen molar-refractivity contribution in [3.05, 3.63) is 48.0 Å². The number of nitrogens with two attached hydrogens (primary N) is 1. The highest BCUT2D eigenvalue weighted by atomic mass is 32.2. The van der Waals surface area contributed by atoms with Crippen LogP contribution >= 0.6 is 11.8 Å². The van der Waals surface area contributed by atoms with Gasteiger partial charge in [-0.2, -0.15) is 0 Å². The van der Waals surface area contributed by atoms with Crippen LogP contribution in [-0.4, -0.2) is 19.5 Å². The minimum Gasteiger partial charge on any atom is -0.497 e. The van der Waals surface area contributed by atoms with E-state index in [0.717, 1.165) is 34.3 Å². The molecule has 0 heterocycles. The summed E-state index contributed by atoms with van der Waals surface area (Å²) in [5.41, 5.74) is 8.11. The molecule has 2 rings (SSSR count). The van der Waals surface area contributed by atoms with Gasteiger partial charge in [0.2, 0.25) is 0 Å². The molecule has 0 unspecified atom stereocenters. The van der Waals surface area contributed by atoms with Crippen molar-refractivity contribution in [1.82, 2.24) is 0 Å². The lowest BCUT2D eigenvalue weighted by Gasteiger charge is -2.09. The number of rotatable bonds is 7. The first-order valence-electron chi connectivity index (χ1n) is 7.01. The molecule has 0 spiro atoms. The summed E-state index contributed by atoms with van der Waals surface area (Å²) in [6.07, 6.45) is 0.993. The third-order valence-corrected chi connectivity index (χ3v) is 4.18. The molecule has 0 aliphatic heterocycles. The van der Waals surface area contributed by atoms with Gasteiger partial charge in [-0.3, -0.25) is 0 Å². The van der Waals surface area contributed by atoms with Crippen LogP contribution in [0.1, 0.15) is 12.5 Å². The fourth-order valence-electron chi connectivity index (χ4n) is 1.97. The van der Waals surface area contributed by atoms with Crippen LogP contribution < -0.4 is 15.2 Å². The molecule has 0 aliphatic rings. The Morgan fingerprint density at radius 1 is 1.05 bits per heavy atom. The van der Waals surface area contributed by atoms with Crippen molar-refractivity contribution in [3.8, 4) is 11.5 Å². The summed E-state index contributed by atoms with van der Waals surface area (Å²) in [6, 6.07) is 14.0. The van der Waals surface area contributed by atoms with Crippen LogP contribution in [0.4, 0.5) is 5.69 Å². The number of methoxy groups -OCH3 is 1. The van der Waals surface area contributed by atoms with Gasteiger partial charge in [-0.15, -0.1) is 11.8 Å². The Morgan fingerprint density at radius 2 is 1.76 bits per heavy atom. The van der Waals surface area contributed by atoms with E-state index in [0.29, 0.717) is 6.61 Å². The molecule has 4 heteroatoms. The Balaban J connectivity index is 1.91. The summed E-state index contributed by atoms with van der Waals surface area (Å²) >= 11 is 1.76. The molecule has 2 N–H and O–H groups in total. The molecule has 0 atom stereocenters. The SMILES string of the molecule is CCOc1ccc(N)c(SCCc2ccc(OC)cc2)c1. The van der Waals surface area contributed by atoms with Crippen molar-refractivity contribution in [2.24, 2.45) is 0 Å². The van der Waals surface area contributed by atoms with Gasteiger partial charge in [-0.25, -0.2) is 0 Å². The van der Waals surface area contributed by atoms with E-state index in [4.69, 9.17) is 15.2 Å². The van der Waals surface area contributed by atoms with Crippen molar-refractivity contribution >= 4 is 17.4 Å². The lowest BCUT2D eigenvalue weighted by atomic mass is 10.2. The van der Waals surface area contributed by atoms with E-state index >= 15 is 0 Å². The van der Waals surface area contributed by atoms with Crippen molar-refractivity contribution in [1.29, 1.82) is 0 Å². The number of hydrogen-bond acceptors (Lipinski definition) is 4. The summed E-state index contributed by atoms with van der Waals surface area (Å²) in [4.78, 5) is 1.08. The number of anilines is 1. The summed E-state index contributed by atoms with van der Waals surface area (Å²) in [7, 11) is 1.68. The maximum absolute atomic E-state index is 6.01. The van der Waals surface area contributed by atoms with Gasteiger partial charge in [0.1, 0.15) is 11.5 Å². The Labute approximate surface area is 130 Å². The van der Waals surface area contributed by atoms with Crippen molar-refractivity contribution < 1.29 is 9.47 Å². The van der Waals surface area contributed by atoms with E-state index < -0.39 is 0 Å². The van der Waals surface area contributed by atoms with Gasteiger partial charge in [0.05, 0.1) is 13.7 Å². The molecule has 3 nitrogen and oxygen atoms in total. The minimum atomic E-state index is 0.667. The topological polar surface area (TPSA) is 44.5 Å². The number of aryl methyl sites for hydroxylation is 1. The number of hydrogen-bond donors (Lipinski definition) is 1. The Kier molecular flexibility index (Phi) is 5.81. The fourth-order valence-corrected chi connectivity index (χ4v) is 2.96. The Bertz CT molecular complexity index is 570. The quantitative estimate of drug-likeness (QED) is 0.620. The first kappa shape index (κ1) is 15.6. The Hall–Kier alpha value is -1.81. The smallest absolute Gasteiger partial charge is 0.120 e. The number of ether oxygens (including phenoxy) is 2. The lowest BCUT2D eigenvalue weighted by Crippen LogP contribution is -1.95. The molecule has 2 aromatic rings. The highest BCUT2D eigenvalue weighted by Gasteiger charge is 2.03. The first-order chi connectivity index (χ1) is 10.2.